The predicted molar refractivity (Wildman–Crippen MR) is 79.8 cm³/mol. The van der Waals surface area contributed by atoms with Crippen LogP contribution in [0.5, 0.6) is 0 Å². The van der Waals surface area contributed by atoms with Gasteiger partial charge in [-0.25, -0.2) is 0 Å². The van der Waals surface area contributed by atoms with Crippen LogP contribution in [0.15, 0.2) is 60.7 Å². The van der Waals surface area contributed by atoms with E-state index in [-0.39, 0.29) is 0 Å². The third-order valence-corrected chi connectivity index (χ3v) is 2.80. The van der Waals surface area contributed by atoms with E-state index in [1.165, 1.54) is 16.8 Å². The minimum absolute atomic E-state index is 0.965. The Balaban J connectivity index is 1.74. The Labute approximate surface area is 109 Å². The fourth-order valence-corrected chi connectivity index (χ4v) is 1.75. The Morgan fingerprint density at radius 2 is 1.67 bits per heavy atom. The molecule has 0 saturated carbocycles. The van der Waals surface area contributed by atoms with Crippen molar-refractivity contribution in [3.63, 3.8) is 0 Å². The van der Waals surface area contributed by atoms with Gasteiger partial charge in [0, 0.05) is 12.2 Å². The van der Waals surface area contributed by atoms with Crippen LogP contribution >= 0.6 is 0 Å². The minimum Gasteiger partial charge on any atom is -0.385 e. The van der Waals surface area contributed by atoms with Gasteiger partial charge in [-0.15, -0.1) is 0 Å². The van der Waals surface area contributed by atoms with E-state index in [2.05, 4.69) is 60.8 Å². The van der Waals surface area contributed by atoms with Gasteiger partial charge in [0.2, 0.25) is 0 Å². The molecule has 0 radical (unpaired) electrons. The zero-order valence-electron chi connectivity index (χ0n) is 10.8. The largest absolute Gasteiger partial charge is 0.385 e. The molecule has 0 spiro atoms. The predicted octanol–water partition coefficient (Wildman–Crippen LogP) is 4.51. The zero-order valence-corrected chi connectivity index (χ0v) is 10.8. The summed E-state index contributed by atoms with van der Waals surface area (Å²) in [4.78, 5) is 0. The van der Waals surface area contributed by atoms with Crippen LogP contribution in [-0.4, -0.2) is 6.54 Å². The molecule has 1 heteroatoms. The first-order valence-electron chi connectivity index (χ1n) is 6.37. The summed E-state index contributed by atoms with van der Waals surface area (Å²) in [6.45, 7) is 3.07. The monoisotopic (exact) mass is 237 g/mol. The fraction of sp³-hybridized carbons (Fsp3) is 0.176. The molecule has 2 rings (SSSR count). The number of nitrogens with one attached hydrogen (secondary N) is 1. The molecule has 18 heavy (non-hydrogen) atoms. The second-order valence-electron chi connectivity index (χ2n) is 4.39. The number of para-hydroxylation sites is 1. The lowest BCUT2D eigenvalue weighted by atomic mass is 10.1. The van der Waals surface area contributed by atoms with Crippen LogP contribution in [-0.2, 0) is 0 Å². The lowest BCUT2D eigenvalue weighted by molar-refractivity contribution is 1.07. The van der Waals surface area contributed by atoms with Gasteiger partial charge in [0.15, 0.2) is 0 Å². The first-order valence-corrected chi connectivity index (χ1v) is 6.37. The molecule has 0 unspecified atom stereocenters. The van der Waals surface area contributed by atoms with Gasteiger partial charge >= 0.3 is 0 Å². The van der Waals surface area contributed by atoms with E-state index in [0.29, 0.717) is 0 Å². The highest BCUT2D eigenvalue weighted by Crippen LogP contribution is 2.07. The van der Waals surface area contributed by atoms with Gasteiger partial charge in [-0.1, -0.05) is 60.2 Å². The highest BCUT2D eigenvalue weighted by Gasteiger charge is 1.88. The molecule has 2 aromatic carbocycles. The number of rotatable bonds is 5. The molecule has 0 aromatic heterocycles. The topological polar surface area (TPSA) is 12.0 Å². The Kier molecular flexibility index (Phi) is 4.60. The quantitative estimate of drug-likeness (QED) is 0.754. The van der Waals surface area contributed by atoms with E-state index in [1.54, 1.807) is 0 Å². The Morgan fingerprint density at radius 3 is 2.39 bits per heavy atom. The van der Waals surface area contributed by atoms with Gasteiger partial charge in [0.05, 0.1) is 0 Å². The number of aryl methyl sites for hydroxylation is 1. The van der Waals surface area contributed by atoms with Crippen LogP contribution in [0, 0.1) is 6.92 Å². The Morgan fingerprint density at radius 1 is 0.944 bits per heavy atom. The van der Waals surface area contributed by atoms with Crippen LogP contribution < -0.4 is 5.32 Å². The highest BCUT2D eigenvalue weighted by molar-refractivity contribution is 5.49. The maximum absolute atomic E-state index is 3.39. The van der Waals surface area contributed by atoms with Crippen molar-refractivity contribution in [2.45, 2.75) is 13.3 Å². The second kappa shape index (κ2) is 6.65. The smallest absolute Gasteiger partial charge is 0.0340 e. The molecular weight excluding hydrogens is 218 g/mol. The fourth-order valence-electron chi connectivity index (χ4n) is 1.75. The van der Waals surface area contributed by atoms with E-state index in [0.717, 1.165) is 13.0 Å². The van der Waals surface area contributed by atoms with Crippen molar-refractivity contribution in [3.05, 3.63) is 71.8 Å². The lowest BCUT2D eigenvalue weighted by Gasteiger charge is -2.03. The Hall–Kier alpha value is -2.02. The van der Waals surface area contributed by atoms with E-state index < -0.39 is 0 Å². The van der Waals surface area contributed by atoms with E-state index in [4.69, 9.17) is 0 Å². The molecule has 0 saturated heterocycles. The summed E-state index contributed by atoms with van der Waals surface area (Å²) in [5.74, 6) is 0. The molecule has 1 nitrogen and oxygen atoms in total. The van der Waals surface area contributed by atoms with Crippen LogP contribution in [0.2, 0.25) is 0 Å². The third-order valence-electron chi connectivity index (χ3n) is 2.80. The lowest BCUT2D eigenvalue weighted by Crippen LogP contribution is -1.99. The summed E-state index contributed by atoms with van der Waals surface area (Å²) in [6.07, 6.45) is 5.41. The van der Waals surface area contributed by atoms with Crippen molar-refractivity contribution in [2.24, 2.45) is 0 Å². The summed E-state index contributed by atoms with van der Waals surface area (Å²) in [7, 11) is 0. The number of benzene rings is 2. The maximum Gasteiger partial charge on any atom is 0.0340 e. The highest BCUT2D eigenvalue weighted by atomic mass is 14.9. The molecule has 1 N–H and O–H groups in total. The van der Waals surface area contributed by atoms with E-state index in [9.17, 15) is 0 Å². The first-order chi connectivity index (χ1) is 8.84. The minimum atomic E-state index is 0.965. The van der Waals surface area contributed by atoms with Gasteiger partial charge < -0.3 is 5.32 Å². The molecule has 0 amide bonds. The number of hydrogen-bond donors (Lipinski definition) is 1. The maximum atomic E-state index is 3.39. The van der Waals surface area contributed by atoms with Crippen molar-refractivity contribution >= 4 is 11.8 Å². The average molecular weight is 237 g/mol. The van der Waals surface area contributed by atoms with Gasteiger partial charge in [0.1, 0.15) is 0 Å². The van der Waals surface area contributed by atoms with Crippen molar-refractivity contribution in [2.75, 3.05) is 11.9 Å². The Bertz CT molecular complexity index is 483. The normalized spacial score (nSPS) is 10.7. The van der Waals surface area contributed by atoms with Crippen LogP contribution in [0.25, 0.3) is 6.08 Å². The molecular formula is C17H19N. The van der Waals surface area contributed by atoms with Crippen LogP contribution in [0.4, 0.5) is 5.69 Å². The van der Waals surface area contributed by atoms with Gasteiger partial charge in [-0.2, -0.15) is 0 Å². The number of anilines is 1. The summed E-state index contributed by atoms with van der Waals surface area (Å²) < 4.78 is 0. The number of hydrogen-bond acceptors (Lipinski definition) is 1. The van der Waals surface area contributed by atoms with Crippen molar-refractivity contribution < 1.29 is 0 Å². The molecule has 0 atom stereocenters. The zero-order chi connectivity index (χ0) is 12.6. The van der Waals surface area contributed by atoms with Crippen molar-refractivity contribution in [3.8, 4) is 0 Å². The van der Waals surface area contributed by atoms with E-state index >= 15 is 0 Å². The van der Waals surface area contributed by atoms with E-state index in [1.807, 2.05) is 18.2 Å². The second-order valence-corrected chi connectivity index (χ2v) is 4.39. The molecule has 0 bridgehead atoms. The van der Waals surface area contributed by atoms with Gasteiger partial charge in [-0.05, 0) is 31.0 Å². The molecule has 2 aromatic rings. The molecule has 0 aliphatic heterocycles. The molecule has 0 aliphatic carbocycles. The summed E-state index contributed by atoms with van der Waals surface area (Å²) >= 11 is 0. The molecule has 0 heterocycles. The molecule has 92 valence electrons. The summed E-state index contributed by atoms with van der Waals surface area (Å²) in [5.41, 5.74) is 3.75. The first kappa shape index (κ1) is 12.4. The summed E-state index contributed by atoms with van der Waals surface area (Å²) in [5, 5.41) is 3.39. The van der Waals surface area contributed by atoms with Gasteiger partial charge in [-0.3, -0.25) is 0 Å². The average Bonchev–Trinajstić information content (AvgIpc) is 2.42. The summed E-state index contributed by atoms with van der Waals surface area (Å²) in [6, 6.07) is 18.9. The molecule has 0 aliphatic rings. The SMILES string of the molecule is Cc1ccc(/C=C\CCNc2ccccc2)cc1. The van der Waals surface area contributed by atoms with Crippen LogP contribution in [0.3, 0.4) is 0 Å². The van der Waals surface area contributed by atoms with Gasteiger partial charge in [0.25, 0.3) is 0 Å². The standard InChI is InChI=1S/C17H19N/c1-15-10-12-16(13-11-15)7-5-6-14-18-17-8-3-2-4-9-17/h2-5,7-13,18H,6,14H2,1H3/b7-5-. The van der Waals surface area contributed by atoms with Crippen molar-refractivity contribution in [1.29, 1.82) is 0 Å². The third kappa shape index (κ3) is 4.10. The van der Waals surface area contributed by atoms with Crippen molar-refractivity contribution in [1.82, 2.24) is 0 Å². The molecule has 0 fully saturated rings. The van der Waals surface area contributed by atoms with Crippen LogP contribution in [0.1, 0.15) is 17.5 Å².